The fourth-order valence-electron chi connectivity index (χ4n) is 2.92. The molecule has 0 bridgehead atoms. The molecule has 0 spiro atoms. The van der Waals surface area contributed by atoms with E-state index in [1.807, 2.05) is 36.4 Å². The van der Waals surface area contributed by atoms with Gasteiger partial charge in [0.25, 0.3) is 0 Å². The Kier molecular flexibility index (Phi) is 5.02. The predicted molar refractivity (Wildman–Crippen MR) is 107 cm³/mol. The van der Waals surface area contributed by atoms with E-state index in [-0.39, 0.29) is 11.7 Å². The molecule has 1 N–H and O–H groups in total. The van der Waals surface area contributed by atoms with Crippen molar-refractivity contribution in [3.63, 3.8) is 0 Å². The molecule has 0 fully saturated rings. The number of rotatable bonds is 6. The lowest BCUT2D eigenvalue weighted by atomic mass is 10.2. The fourth-order valence-corrected chi connectivity index (χ4v) is 3.74. The van der Waals surface area contributed by atoms with Crippen LogP contribution in [0.5, 0.6) is 11.5 Å². The number of allylic oxidation sites excluding steroid dienone is 1. The van der Waals surface area contributed by atoms with Crippen LogP contribution in [0.15, 0.2) is 60.3 Å². The zero-order valence-electron chi connectivity index (χ0n) is 14.7. The number of anilines is 1. The summed E-state index contributed by atoms with van der Waals surface area (Å²) in [6.07, 6.45) is 1.83. The first-order valence-electron chi connectivity index (χ1n) is 8.63. The van der Waals surface area contributed by atoms with Crippen LogP contribution in [0.3, 0.4) is 0 Å². The van der Waals surface area contributed by atoms with Crippen molar-refractivity contribution in [2.45, 2.75) is 11.7 Å². The maximum atomic E-state index is 12.4. The first-order chi connectivity index (χ1) is 13.2. The Balaban J connectivity index is 1.44. The van der Waals surface area contributed by atoms with Crippen molar-refractivity contribution in [2.24, 2.45) is 0 Å². The summed E-state index contributed by atoms with van der Waals surface area (Å²) < 4.78 is 13.1. The van der Waals surface area contributed by atoms with Gasteiger partial charge in [0.2, 0.25) is 5.91 Å². The Morgan fingerprint density at radius 3 is 2.89 bits per heavy atom. The van der Waals surface area contributed by atoms with Crippen LogP contribution in [-0.2, 0) is 11.3 Å². The van der Waals surface area contributed by atoms with E-state index in [1.54, 1.807) is 12.1 Å². The third-order valence-corrected chi connectivity index (χ3v) is 5.07. The summed E-state index contributed by atoms with van der Waals surface area (Å²) >= 11 is 1.40. The Hall–Kier alpha value is -2.93. The average molecular weight is 381 g/mol. The number of ether oxygens (including phenoxy) is 2. The lowest BCUT2D eigenvalue weighted by Gasteiger charge is -2.19. The van der Waals surface area contributed by atoms with E-state index >= 15 is 0 Å². The van der Waals surface area contributed by atoms with Crippen LogP contribution in [0.1, 0.15) is 0 Å². The molecule has 0 atom stereocenters. The molecule has 6 nitrogen and oxygen atoms in total. The first-order valence-corrected chi connectivity index (χ1v) is 9.61. The second-order valence-corrected chi connectivity index (χ2v) is 6.92. The van der Waals surface area contributed by atoms with Crippen molar-refractivity contribution in [1.82, 2.24) is 9.55 Å². The molecule has 2 aromatic carbocycles. The number of amides is 1. The minimum atomic E-state index is -0.103. The van der Waals surface area contributed by atoms with Gasteiger partial charge in [-0.15, -0.1) is 6.58 Å². The number of imidazole rings is 1. The molecule has 1 aromatic heterocycles. The van der Waals surface area contributed by atoms with Gasteiger partial charge in [0.1, 0.15) is 13.2 Å². The number of fused-ring (bicyclic) bond motifs is 2. The molecule has 1 aliphatic rings. The Labute approximate surface area is 161 Å². The van der Waals surface area contributed by atoms with Crippen LogP contribution >= 0.6 is 11.8 Å². The number of hydrogen-bond acceptors (Lipinski definition) is 5. The molecule has 138 valence electrons. The molecule has 0 unspecified atom stereocenters. The quantitative estimate of drug-likeness (QED) is 0.521. The summed E-state index contributed by atoms with van der Waals surface area (Å²) in [6, 6.07) is 13.3. The number of carbonyl (C=O) groups excluding carboxylic acids is 1. The zero-order chi connectivity index (χ0) is 18.6. The van der Waals surface area contributed by atoms with Gasteiger partial charge in [0.05, 0.1) is 16.8 Å². The Bertz CT molecular complexity index is 999. The van der Waals surface area contributed by atoms with E-state index in [2.05, 4.69) is 21.4 Å². The molecule has 1 amide bonds. The summed E-state index contributed by atoms with van der Waals surface area (Å²) in [5, 5.41) is 3.69. The van der Waals surface area contributed by atoms with Gasteiger partial charge in [0.15, 0.2) is 16.7 Å². The molecular weight excluding hydrogens is 362 g/mol. The smallest absolute Gasteiger partial charge is 0.234 e. The van der Waals surface area contributed by atoms with Gasteiger partial charge in [-0.3, -0.25) is 4.79 Å². The van der Waals surface area contributed by atoms with Crippen molar-refractivity contribution >= 4 is 34.4 Å². The molecule has 0 saturated carbocycles. The van der Waals surface area contributed by atoms with Crippen LogP contribution in [0, 0.1) is 0 Å². The monoisotopic (exact) mass is 381 g/mol. The number of thioether (sulfide) groups is 1. The second-order valence-electron chi connectivity index (χ2n) is 5.98. The number of hydrogen-bond donors (Lipinski definition) is 1. The number of nitrogens with one attached hydrogen (secondary N) is 1. The Morgan fingerprint density at radius 2 is 2.04 bits per heavy atom. The summed E-state index contributed by atoms with van der Waals surface area (Å²) in [6.45, 7) is 5.51. The molecule has 4 rings (SSSR count). The predicted octanol–water partition coefficient (Wildman–Crippen LogP) is 3.72. The fraction of sp³-hybridized carbons (Fsp3) is 0.200. The second kappa shape index (κ2) is 7.75. The number of para-hydroxylation sites is 2. The van der Waals surface area contributed by atoms with E-state index in [4.69, 9.17) is 9.47 Å². The highest BCUT2D eigenvalue weighted by atomic mass is 32.2. The largest absolute Gasteiger partial charge is 0.486 e. The molecule has 0 radical (unpaired) electrons. The van der Waals surface area contributed by atoms with Gasteiger partial charge < -0.3 is 19.4 Å². The van der Waals surface area contributed by atoms with Gasteiger partial charge in [-0.2, -0.15) is 0 Å². The maximum Gasteiger partial charge on any atom is 0.234 e. The van der Waals surface area contributed by atoms with E-state index < -0.39 is 0 Å². The number of carbonyl (C=O) groups is 1. The molecule has 7 heteroatoms. The summed E-state index contributed by atoms with van der Waals surface area (Å²) in [5.74, 6) is 1.51. The third-order valence-electron chi connectivity index (χ3n) is 4.09. The van der Waals surface area contributed by atoms with Crippen molar-refractivity contribution in [3.05, 3.63) is 55.1 Å². The Morgan fingerprint density at radius 1 is 1.22 bits per heavy atom. The zero-order valence-corrected chi connectivity index (χ0v) is 15.5. The van der Waals surface area contributed by atoms with Crippen molar-refractivity contribution in [3.8, 4) is 11.5 Å². The highest BCUT2D eigenvalue weighted by Crippen LogP contribution is 2.32. The van der Waals surface area contributed by atoms with Gasteiger partial charge >= 0.3 is 0 Å². The van der Waals surface area contributed by atoms with Crippen LogP contribution in [0.2, 0.25) is 0 Å². The first kappa shape index (κ1) is 17.5. The van der Waals surface area contributed by atoms with Crippen LogP contribution in [0.4, 0.5) is 5.69 Å². The van der Waals surface area contributed by atoms with Gasteiger partial charge in [-0.1, -0.05) is 30.0 Å². The molecular formula is C20H19N3O3S. The molecule has 0 aliphatic carbocycles. The third kappa shape index (κ3) is 3.78. The maximum absolute atomic E-state index is 12.4. The standard InChI is InChI=1S/C20H19N3O3S/c1-2-9-23-16-6-4-3-5-15(16)22-20(23)27-13-19(24)21-14-7-8-17-18(12-14)26-11-10-25-17/h2-8,12H,1,9-11,13H2,(H,21,24). The van der Waals surface area contributed by atoms with E-state index in [0.717, 1.165) is 16.2 Å². The van der Waals surface area contributed by atoms with Gasteiger partial charge in [0, 0.05) is 18.3 Å². The van der Waals surface area contributed by atoms with Crippen LogP contribution in [-0.4, -0.2) is 34.4 Å². The average Bonchev–Trinajstić information content (AvgIpc) is 3.04. The van der Waals surface area contributed by atoms with Crippen molar-refractivity contribution in [2.75, 3.05) is 24.3 Å². The SMILES string of the molecule is C=CCn1c(SCC(=O)Nc2ccc3c(c2)OCCO3)nc2ccccc21. The minimum absolute atomic E-state index is 0.103. The van der Waals surface area contributed by atoms with E-state index in [1.165, 1.54) is 11.8 Å². The minimum Gasteiger partial charge on any atom is -0.486 e. The number of benzene rings is 2. The molecule has 1 aliphatic heterocycles. The molecule has 2 heterocycles. The van der Waals surface area contributed by atoms with E-state index in [9.17, 15) is 4.79 Å². The van der Waals surface area contributed by atoms with Crippen molar-refractivity contribution in [1.29, 1.82) is 0 Å². The van der Waals surface area contributed by atoms with Crippen LogP contribution in [0.25, 0.3) is 11.0 Å². The topological polar surface area (TPSA) is 65.4 Å². The molecule has 27 heavy (non-hydrogen) atoms. The van der Waals surface area contributed by atoms with Gasteiger partial charge in [-0.05, 0) is 24.3 Å². The lowest BCUT2D eigenvalue weighted by molar-refractivity contribution is -0.113. The highest BCUT2D eigenvalue weighted by molar-refractivity contribution is 7.99. The summed E-state index contributed by atoms with van der Waals surface area (Å²) in [4.78, 5) is 17.0. The van der Waals surface area contributed by atoms with Crippen molar-refractivity contribution < 1.29 is 14.3 Å². The van der Waals surface area contributed by atoms with Crippen LogP contribution < -0.4 is 14.8 Å². The summed E-state index contributed by atoms with van der Waals surface area (Å²) in [5.41, 5.74) is 2.63. The van der Waals surface area contributed by atoms with E-state index in [0.29, 0.717) is 36.9 Å². The van der Waals surface area contributed by atoms with Gasteiger partial charge in [-0.25, -0.2) is 4.98 Å². The summed E-state index contributed by atoms with van der Waals surface area (Å²) in [7, 11) is 0. The molecule has 3 aromatic rings. The molecule has 0 saturated heterocycles. The number of nitrogens with zero attached hydrogens (tertiary/aromatic N) is 2. The normalized spacial score (nSPS) is 12.7. The number of aromatic nitrogens is 2. The lowest BCUT2D eigenvalue weighted by Crippen LogP contribution is -2.17. The highest BCUT2D eigenvalue weighted by Gasteiger charge is 2.14.